The molecule has 0 saturated carbocycles. The van der Waals surface area contributed by atoms with E-state index in [1.54, 1.807) is 7.05 Å². The van der Waals surface area contributed by atoms with Gasteiger partial charge in [-0.15, -0.1) is 0 Å². The summed E-state index contributed by atoms with van der Waals surface area (Å²) in [6.45, 7) is 5.32. The van der Waals surface area contributed by atoms with Crippen LogP contribution in [0.3, 0.4) is 0 Å². The number of hydrogen-bond donors (Lipinski definition) is 2. The molecular weight excluding hydrogens is 326 g/mol. The van der Waals surface area contributed by atoms with Crippen LogP contribution in [0.4, 0.5) is 0 Å². The average molecular weight is 354 g/mol. The van der Waals surface area contributed by atoms with Crippen molar-refractivity contribution in [3.8, 4) is 0 Å². The Balaban J connectivity index is 1.65. The molecule has 0 bridgehead atoms. The highest BCUT2D eigenvalue weighted by Gasteiger charge is 2.13. The molecule has 1 atom stereocenters. The summed E-state index contributed by atoms with van der Waals surface area (Å²) in [4.78, 5) is 4.27. The van der Waals surface area contributed by atoms with Crippen molar-refractivity contribution in [2.45, 2.75) is 38.3 Å². The summed E-state index contributed by atoms with van der Waals surface area (Å²) in [6, 6.07) is 7.99. The predicted octanol–water partition coefficient (Wildman–Crippen LogP) is 3.15. The molecule has 24 heavy (non-hydrogen) atoms. The third kappa shape index (κ3) is 6.67. The van der Waals surface area contributed by atoms with E-state index in [2.05, 4.69) is 28.6 Å². The summed E-state index contributed by atoms with van der Waals surface area (Å²) >= 11 is 6.05. The number of guanidine groups is 1. The second kappa shape index (κ2) is 10.5. The van der Waals surface area contributed by atoms with E-state index in [-0.39, 0.29) is 6.04 Å². The summed E-state index contributed by atoms with van der Waals surface area (Å²) < 4.78 is 11.2. The fourth-order valence-corrected chi connectivity index (χ4v) is 2.83. The van der Waals surface area contributed by atoms with Crippen LogP contribution in [0, 0.1) is 0 Å². The minimum Gasteiger partial charge on any atom is -0.381 e. The Morgan fingerprint density at radius 2 is 2.21 bits per heavy atom. The van der Waals surface area contributed by atoms with E-state index >= 15 is 0 Å². The molecule has 1 saturated heterocycles. The van der Waals surface area contributed by atoms with E-state index in [0.29, 0.717) is 6.10 Å². The second-order valence-corrected chi connectivity index (χ2v) is 6.39. The van der Waals surface area contributed by atoms with Gasteiger partial charge in [-0.2, -0.15) is 0 Å². The normalized spacial score (nSPS) is 17.5. The van der Waals surface area contributed by atoms with Gasteiger partial charge in [0.05, 0.1) is 12.1 Å². The zero-order valence-corrected chi connectivity index (χ0v) is 15.3. The van der Waals surface area contributed by atoms with Crippen molar-refractivity contribution in [2.24, 2.45) is 4.99 Å². The molecule has 134 valence electrons. The van der Waals surface area contributed by atoms with Crippen molar-refractivity contribution in [1.82, 2.24) is 10.6 Å². The smallest absolute Gasteiger partial charge is 0.191 e. The van der Waals surface area contributed by atoms with Gasteiger partial charge in [-0.25, -0.2) is 0 Å². The topological polar surface area (TPSA) is 54.9 Å². The molecule has 0 aliphatic carbocycles. The zero-order chi connectivity index (χ0) is 17.2. The Labute approximate surface area is 149 Å². The molecule has 1 unspecified atom stereocenters. The fourth-order valence-electron chi connectivity index (χ4n) is 2.63. The number of aliphatic imine (C=N–C) groups is 1. The van der Waals surface area contributed by atoms with Crippen molar-refractivity contribution in [1.29, 1.82) is 0 Å². The fraction of sp³-hybridized carbons (Fsp3) is 0.611. The molecule has 1 heterocycles. The molecule has 0 spiro atoms. The molecule has 2 N–H and O–H groups in total. The molecular formula is C18H28ClN3O2. The largest absolute Gasteiger partial charge is 0.381 e. The standard InChI is InChI=1S/C18H28ClN3O2/c1-14(15-5-3-6-16(19)13-15)22-18(20-2)21-9-4-10-24-17-7-11-23-12-8-17/h3,5-6,13-14,17H,4,7-12H2,1-2H3,(H2,20,21,22). The third-order valence-corrected chi connectivity index (χ3v) is 4.30. The maximum atomic E-state index is 6.05. The highest BCUT2D eigenvalue weighted by molar-refractivity contribution is 6.30. The van der Waals surface area contributed by atoms with Gasteiger partial charge in [-0.05, 0) is 43.9 Å². The highest BCUT2D eigenvalue weighted by atomic mass is 35.5. The van der Waals surface area contributed by atoms with Crippen LogP contribution in [0.25, 0.3) is 0 Å². The SMILES string of the molecule is CN=C(NCCCOC1CCOCC1)NC(C)c1cccc(Cl)c1. The number of benzene rings is 1. The molecule has 0 aromatic heterocycles. The maximum Gasteiger partial charge on any atom is 0.191 e. The quantitative estimate of drug-likeness (QED) is 0.449. The van der Waals surface area contributed by atoms with Crippen LogP contribution in [0.5, 0.6) is 0 Å². The zero-order valence-electron chi connectivity index (χ0n) is 14.6. The Kier molecular flexibility index (Phi) is 8.36. The number of rotatable bonds is 7. The van der Waals surface area contributed by atoms with Gasteiger partial charge in [0.25, 0.3) is 0 Å². The van der Waals surface area contributed by atoms with Gasteiger partial charge in [-0.1, -0.05) is 23.7 Å². The highest BCUT2D eigenvalue weighted by Crippen LogP contribution is 2.17. The van der Waals surface area contributed by atoms with Crippen molar-refractivity contribution in [3.63, 3.8) is 0 Å². The molecule has 5 nitrogen and oxygen atoms in total. The van der Waals surface area contributed by atoms with Gasteiger partial charge in [0.2, 0.25) is 0 Å². The van der Waals surface area contributed by atoms with Crippen LogP contribution in [0.15, 0.2) is 29.3 Å². The van der Waals surface area contributed by atoms with Crippen molar-refractivity contribution in [2.75, 3.05) is 33.4 Å². The minimum absolute atomic E-state index is 0.133. The molecule has 0 radical (unpaired) electrons. The lowest BCUT2D eigenvalue weighted by molar-refractivity contribution is -0.0320. The van der Waals surface area contributed by atoms with Crippen molar-refractivity contribution < 1.29 is 9.47 Å². The van der Waals surface area contributed by atoms with Crippen LogP contribution < -0.4 is 10.6 Å². The summed E-state index contributed by atoms with van der Waals surface area (Å²) in [5.74, 6) is 0.786. The van der Waals surface area contributed by atoms with Crippen LogP contribution in [-0.2, 0) is 9.47 Å². The van der Waals surface area contributed by atoms with Gasteiger partial charge in [0.15, 0.2) is 5.96 Å². The van der Waals surface area contributed by atoms with Crippen LogP contribution in [0.1, 0.15) is 37.8 Å². The maximum absolute atomic E-state index is 6.05. The molecule has 2 rings (SSSR count). The first-order valence-corrected chi connectivity index (χ1v) is 8.99. The number of halogens is 1. The lowest BCUT2D eigenvalue weighted by Crippen LogP contribution is -2.39. The van der Waals surface area contributed by atoms with Gasteiger partial charge < -0.3 is 20.1 Å². The first-order chi connectivity index (χ1) is 11.7. The summed E-state index contributed by atoms with van der Waals surface area (Å²) in [5.41, 5.74) is 1.13. The van der Waals surface area contributed by atoms with Gasteiger partial charge in [-0.3, -0.25) is 4.99 Å². The summed E-state index contributed by atoms with van der Waals surface area (Å²) in [7, 11) is 1.78. The van der Waals surface area contributed by atoms with E-state index in [0.717, 1.165) is 62.2 Å². The molecule has 6 heteroatoms. The van der Waals surface area contributed by atoms with Gasteiger partial charge in [0, 0.05) is 38.4 Å². The van der Waals surface area contributed by atoms with E-state index in [1.807, 2.05) is 18.2 Å². The number of nitrogens with zero attached hydrogens (tertiary/aromatic N) is 1. The Morgan fingerprint density at radius 3 is 2.92 bits per heavy atom. The Hall–Kier alpha value is -1.30. The molecule has 0 amide bonds. The summed E-state index contributed by atoms with van der Waals surface area (Å²) in [6.07, 6.45) is 3.32. The van der Waals surface area contributed by atoms with E-state index in [4.69, 9.17) is 21.1 Å². The predicted molar refractivity (Wildman–Crippen MR) is 98.8 cm³/mol. The van der Waals surface area contributed by atoms with Crippen molar-refractivity contribution >= 4 is 17.6 Å². The monoisotopic (exact) mass is 353 g/mol. The Morgan fingerprint density at radius 1 is 1.42 bits per heavy atom. The number of hydrogen-bond acceptors (Lipinski definition) is 3. The first-order valence-electron chi connectivity index (χ1n) is 8.61. The second-order valence-electron chi connectivity index (χ2n) is 5.96. The molecule has 1 aromatic carbocycles. The van der Waals surface area contributed by atoms with Crippen molar-refractivity contribution in [3.05, 3.63) is 34.9 Å². The van der Waals surface area contributed by atoms with E-state index in [9.17, 15) is 0 Å². The molecule has 1 aromatic rings. The van der Waals surface area contributed by atoms with Crippen LogP contribution in [0.2, 0.25) is 5.02 Å². The van der Waals surface area contributed by atoms with E-state index in [1.165, 1.54) is 0 Å². The van der Waals surface area contributed by atoms with Crippen LogP contribution in [-0.4, -0.2) is 45.5 Å². The molecule has 1 fully saturated rings. The third-order valence-electron chi connectivity index (χ3n) is 4.06. The van der Waals surface area contributed by atoms with Crippen LogP contribution >= 0.6 is 11.6 Å². The lowest BCUT2D eigenvalue weighted by atomic mass is 10.1. The average Bonchev–Trinajstić information content (AvgIpc) is 2.61. The molecule has 1 aliphatic rings. The number of nitrogens with one attached hydrogen (secondary N) is 2. The van der Waals surface area contributed by atoms with E-state index < -0.39 is 0 Å². The Bertz CT molecular complexity index is 519. The number of ether oxygens (including phenoxy) is 2. The minimum atomic E-state index is 0.133. The van der Waals surface area contributed by atoms with Gasteiger partial charge in [0.1, 0.15) is 0 Å². The molecule has 1 aliphatic heterocycles. The van der Waals surface area contributed by atoms with Gasteiger partial charge >= 0.3 is 0 Å². The summed E-state index contributed by atoms with van der Waals surface area (Å²) in [5, 5.41) is 7.44. The lowest BCUT2D eigenvalue weighted by Gasteiger charge is -2.22. The first kappa shape index (κ1) is 19.0.